The Hall–Kier alpha value is -1.60. The number of hydrogen-bond donors (Lipinski definition) is 1. The molecule has 0 spiro atoms. The van der Waals surface area contributed by atoms with Crippen molar-refractivity contribution in [2.75, 3.05) is 20.5 Å². The summed E-state index contributed by atoms with van der Waals surface area (Å²) in [7, 11) is -0.812. The van der Waals surface area contributed by atoms with Crippen LogP contribution in [0.15, 0.2) is 23.1 Å². The van der Waals surface area contributed by atoms with Gasteiger partial charge in [0.2, 0.25) is 0 Å². The van der Waals surface area contributed by atoms with Crippen LogP contribution in [0.3, 0.4) is 0 Å². The van der Waals surface area contributed by atoms with E-state index in [0.29, 0.717) is 0 Å². The van der Waals surface area contributed by atoms with Crippen LogP contribution in [0.4, 0.5) is 0 Å². The van der Waals surface area contributed by atoms with Gasteiger partial charge in [-0.25, -0.2) is 13.9 Å². The fourth-order valence-electron chi connectivity index (χ4n) is 1.26. The Bertz CT molecular complexity index is 523. The van der Waals surface area contributed by atoms with Crippen molar-refractivity contribution >= 4 is 15.7 Å². The van der Waals surface area contributed by atoms with E-state index in [2.05, 4.69) is 10.3 Å². The van der Waals surface area contributed by atoms with Crippen LogP contribution >= 0.6 is 0 Å². The van der Waals surface area contributed by atoms with E-state index in [0.717, 1.165) is 6.26 Å². The first kappa shape index (κ1) is 13.5. The topological polar surface area (TPSA) is 81.7 Å². The Balaban J connectivity index is 3.28. The number of amides is 1. The number of rotatable bonds is 4. The highest BCUT2D eigenvalue weighted by Crippen LogP contribution is 2.24. The molecule has 1 rings (SSSR count). The minimum absolute atomic E-state index is 0.0382. The number of methoxy groups -OCH3 is 1. The van der Waals surface area contributed by atoms with Crippen LogP contribution in [0.1, 0.15) is 10.4 Å². The molecular weight excluding hydrogens is 246 g/mol. The summed E-state index contributed by atoms with van der Waals surface area (Å²) in [6.45, 7) is 0. The van der Waals surface area contributed by atoms with Crippen LogP contribution in [0.5, 0.6) is 5.75 Å². The molecular formula is C10H13NO5S. The minimum atomic E-state index is -3.46. The van der Waals surface area contributed by atoms with Crippen LogP contribution in [0.25, 0.3) is 0 Å². The third kappa shape index (κ3) is 3.18. The summed E-state index contributed by atoms with van der Waals surface area (Å²) in [4.78, 5) is 15.9. The number of carbonyl (C=O) groups is 1. The molecule has 0 aliphatic rings. The van der Waals surface area contributed by atoms with Crippen LogP contribution in [-0.2, 0) is 14.7 Å². The molecule has 0 saturated heterocycles. The first-order chi connectivity index (χ1) is 7.90. The van der Waals surface area contributed by atoms with E-state index >= 15 is 0 Å². The lowest BCUT2D eigenvalue weighted by Crippen LogP contribution is -2.22. The largest absolute Gasteiger partial charge is 0.495 e. The maximum Gasteiger partial charge on any atom is 0.274 e. The smallest absolute Gasteiger partial charge is 0.274 e. The lowest BCUT2D eigenvalue weighted by molar-refractivity contribution is 0.0537. The van der Waals surface area contributed by atoms with Crippen LogP contribution in [0, 0.1) is 0 Å². The van der Waals surface area contributed by atoms with Gasteiger partial charge in [0.15, 0.2) is 9.84 Å². The molecule has 0 unspecified atom stereocenters. The zero-order chi connectivity index (χ0) is 13.1. The number of carbonyl (C=O) groups excluding carboxylic acids is 1. The standard InChI is InChI=1S/C10H13NO5S/c1-15-8-5-4-7(10(12)11-16-2)6-9(8)17(3,13)14/h4-6H,1-3H3,(H,11,12). The molecule has 0 bridgehead atoms. The molecule has 1 N–H and O–H groups in total. The predicted octanol–water partition coefficient (Wildman–Crippen LogP) is 0.390. The van der Waals surface area contributed by atoms with Gasteiger partial charge in [-0.05, 0) is 18.2 Å². The van der Waals surface area contributed by atoms with Gasteiger partial charge in [-0.3, -0.25) is 9.63 Å². The van der Waals surface area contributed by atoms with Gasteiger partial charge in [-0.2, -0.15) is 0 Å². The molecule has 0 saturated carbocycles. The fraction of sp³-hybridized carbons (Fsp3) is 0.300. The highest BCUT2D eigenvalue weighted by molar-refractivity contribution is 7.90. The van der Waals surface area contributed by atoms with E-state index < -0.39 is 15.7 Å². The lowest BCUT2D eigenvalue weighted by Gasteiger charge is -2.08. The van der Waals surface area contributed by atoms with Crippen LogP contribution < -0.4 is 10.2 Å². The van der Waals surface area contributed by atoms with Crippen molar-refractivity contribution in [3.05, 3.63) is 23.8 Å². The number of ether oxygens (including phenoxy) is 1. The van der Waals surface area contributed by atoms with Gasteiger partial charge in [0.05, 0.1) is 14.2 Å². The van der Waals surface area contributed by atoms with E-state index in [9.17, 15) is 13.2 Å². The van der Waals surface area contributed by atoms with Gasteiger partial charge in [-0.1, -0.05) is 0 Å². The zero-order valence-corrected chi connectivity index (χ0v) is 10.5. The average Bonchev–Trinajstić information content (AvgIpc) is 2.27. The second kappa shape index (κ2) is 5.15. The third-order valence-corrected chi connectivity index (χ3v) is 3.14. The molecule has 0 atom stereocenters. The highest BCUT2D eigenvalue weighted by Gasteiger charge is 2.17. The maximum absolute atomic E-state index is 11.5. The minimum Gasteiger partial charge on any atom is -0.495 e. The molecule has 17 heavy (non-hydrogen) atoms. The van der Waals surface area contributed by atoms with Gasteiger partial charge in [0, 0.05) is 11.8 Å². The quantitative estimate of drug-likeness (QED) is 0.791. The molecule has 0 aromatic heterocycles. The van der Waals surface area contributed by atoms with E-state index in [4.69, 9.17) is 4.74 Å². The van der Waals surface area contributed by atoms with Crippen molar-refractivity contribution < 1.29 is 22.8 Å². The Morgan fingerprint density at radius 3 is 2.41 bits per heavy atom. The summed E-state index contributed by atoms with van der Waals surface area (Å²) in [5.41, 5.74) is 2.28. The summed E-state index contributed by atoms with van der Waals surface area (Å²) < 4.78 is 27.9. The first-order valence-electron chi connectivity index (χ1n) is 4.61. The summed E-state index contributed by atoms with van der Waals surface area (Å²) in [5.74, 6) is -0.332. The normalized spacial score (nSPS) is 11.0. The maximum atomic E-state index is 11.5. The van der Waals surface area contributed by atoms with Gasteiger partial charge >= 0.3 is 0 Å². The van der Waals surface area contributed by atoms with Crippen molar-refractivity contribution in [2.45, 2.75) is 4.90 Å². The van der Waals surface area contributed by atoms with Gasteiger partial charge < -0.3 is 4.74 Å². The Morgan fingerprint density at radius 2 is 1.94 bits per heavy atom. The Kier molecular flexibility index (Phi) is 4.08. The molecule has 0 radical (unpaired) electrons. The van der Waals surface area contributed by atoms with E-state index in [-0.39, 0.29) is 16.2 Å². The fourth-order valence-corrected chi connectivity index (χ4v) is 2.12. The highest BCUT2D eigenvalue weighted by atomic mass is 32.2. The molecule has 0 fully saturated rings. The van der Waals surface area contributed by atoms with E-state index in [1.807, 2.05) is 0 Å². The number of hydroxylamine groups is 1. The van der Waals surface area contributed by atoms with E-state index in [1.165, 1.54) is 32.4 Å². The van der Waals surface area contributed by atoms with Crippen LogP contribution in [0.2, 0.25) is 0 Å². The van der Waals surface area contributed by atoms with Crippen molar-refractivity contribution in [3.63, 3.8) is 0 Å². The Morgan fingerprint density at radius 1 is 1.29 bits per heavy atom. The molecule has 0 aliphatic carbocycles. The molecule has 0 heterocycles. The third-order valence-electron chi connectivity index (χ3n) is 2.02. The number of hydrogen-bond acceptors (Lipinski definition) is 5. The number of nitrogens with one attached hydrogen (secondary N) is 1. The van der Waals surface area contributed by atoms with Crippen molar-refractivity contribution in [1.82, 2.24) is 5.48 Å². The zero-order valence-electron chi connectivity index (χ0n) is 9.68. The van der Waals surface area contributed by atoms with Crippen molar-refractivity contribution in [2.24, 2.45) is 0 Å². The van der Waals surface area contributed by atoms with Gasteiger partial charge in [0.1, 0.15) is 10.6 Å². The second-order valence-electron chi connectivity index (χ2n) is 3.27. The second-order valence-corrected chi connectivity index (χ2v) is 5.26. The summed E-state index contributed by atoms with van der Waals surface area (Å²) in [5, 5.41) is 0. The average molecular weight is 259 g/mol. The van der Waals surface area contributed by atoms with Crippen LogP contribution in [-0.4, -0.2) is 34.8 Å². The number of benzene rings is 1. The van der Waals surface area contributed by atoms with E-state index in [1.54, 1.807) is 0 Å². The molecule has 94 valence electrons. The monoisotopic (exact) mass is 259 g/mol. The number of sulfone groups is 1. The molecule has 0 aliphatic heterocycles. The summed E-state index contributed by atoms with van der Waals surface area (Å²) in [6, 6.07) is 4.10. The van der Waals surface area contributed by atoms with Gasteiger partial charge in [0.25, 0.3) is 5.91 Å². The molecule has 6 nitrogen and oxygen atoms in total. The molecule has 7 heteroatoms. The summed E-state index contributed by atoms with van der Waals surface area (Å²) in [6.07, 6.45) is 1.04. The van der Waals surface area contributed by atoms with Crippen molar-refractivity contribution in [1.29, 1.82) is 0 Å². The SMILES string of the molecule is CONC(=O)c1ccc(OC)c(S(C)(=O)=O)c1. The molecule has 1 aromatic rings. The van der Waals surface area contributed by atoms with Gasteiger partial charge in [-0.15, -0.1) is 0 Å². The first-order valence-corrected chi connectivity index (χ1v) is 6.50. The Labute approximate surface area is 99.4 Å². The summed E-state index contributed by atoms with van der Waals surface area (Å²) >= 11 is 0. The lowest BCUT2D eigenvalue weighted by atomic mass is 10.2. The van der Waals surface area contributed by atoms with Crippen molar-refractivity contribution in [3.8, 4) is 5.75 Å². The molecule has 1 aromatic carbocycles. The predicted molar refractivity (Wildman–Crippen MR) is 60.6 cm³/mol. The molecule has 1 amide bonds.